The minimum absolute atomic E-state index is 0.0628. The van der Waals surface area contributed by atoms with Crippen molar-refractivity contribution in [3.8, 4) is 0 Å². The van der Waals surface area contributed by atoms with Crippen molar-refractivity contribution >= 4 is 21.8 Å². The third kappa shape index (κ3) is 3.23. The molecule has 0 bridgehead atoms. The monoisotopic (exact) mass is 321 g/mol. The highest BCUT2D eigenvalue weighted by molar-refractivity contribution is 9.10. The van der Waals surface area contributed by atoms with E-state index < -0.39 is 0 Å². The van der Waals surface area contributed by atoms with E-state index >= 15 is 0 Å². The number of carbonyl (C=O) groups is 1. The van der Waals surface area contributed by atoms with E-state index in [9.17, 15) is 4.79 Å². The second kappa shape index (κ2) is 6.02. The molecule has 5 heteroatoms. The van der Waals surface area contributed by atoms with Gasteiger partial charge in [0.15, 0.2) is 0 Å². The molecule has 1 aromatic heterocycles. The minimum Gasteiger partial charge on any atom is -0.340 e. The number of carbonyl (C=O) groups excluding carboxylic acids is 1. The van der Waals surface area contributed by atoms with Crippen molar-refractivity contribution in [1.29, 1.82) is 0 Å². The van der Waals surface area contributed by atoms with Gasteiger partial charge in [0, 0.05) is 13.6 Å². The van der Waals surface area contributed by atoms with E-state index in [1.54, 1.807) is 18.1 Å². The minimum atomic E-state index is -0.0628. The number of nitrogens with one attached hydrogen (secondary N) is 1. The predicted molar refractivity (Wildman–Crippen MR) is 78.1 cm³/mol. The molecule has 1 unspecified atom stereocenters. The maximum atomic E-state index is 12.2. The number of aromatic amines is 1. The summed E-state index contributed by atoms with van der Waals surface area (Å²) in [7, 11) is 1.80. The Balaban J connectivity index is 2.04. The van der Waals surface area contributed by atoms with Gasteiger partial charge in [-0.15, -0.1) is 0 Å². The lowest BCUT2D eigenvalue weighted by Crippen LogP contribution is -2.30. The molecule has 0 aliphatic heterocycles. The third-order valence-electron chi connectivity index (χ3n) is 3.07. The quantitative estimate of drug-likeness (QED) is 0.940. The molecule has 100 valence electrons. The van der Waals surface area contributed by atoms with Gasteiger partial charge in [-0.3, -0.25) is 9.89 Å². The fourth-order valence-electron chi connectivity index (χ4n) is 1.99. The van der Waals surface area contributed by atoms with Crippen LogP contribution in [-0.2, 0) is 0 Å². The molecule has 2 aromatic rings. The molecule has 0 radical (unpaired) electrons. The lowest BCUT2D eigenvalue weighted by Gasteiger charge is -2.21. The highest BCUT2D eigenvalue weighted by atomic mass is 79.9. The van der Waals surface area contributed by atoms with E-state index in [1.165, 1.54) is 5.56 Å². The van der Waals surface area contributed by atoms with Crippen LogP contribution in [0.25, 0.3) is 0 Å². The highest BCUT2D eigenvalue weighted by Gasteiger charge is 2.18. The van der Waals surface area contributed by atoms with Crippen molar-refractivity contribution in [2.24, 2.45) is 0 Å². The van der Waals surface area contributed by atoms with E-state index in [2.05, 4.69) is 45.2 Å². The summed E-state index contributed by atoms with van der Waals surface area (Å²) < 4.78 is 0.691. The second-order valence-corrected chi connectivity index (χ2v) is 5.44. The summed E-state index contributed by atoms with van der Waals surface area (Å²) in [5, 5.41) is 6.55. The van der Waals surface area contributed by atoms with Gasteiger partial charge in [0.05, 0.1) is 10.7 Å². The number of nitrogens with zero attached hydrogens (tertiary/aromatic N) is 2. The number of hydrogen-bond acceptors (Lipinski definition) is 2. The van der Waals surface area contributed by atoms with E-state index in [4.69, 9.17) is 0 Å². The normalized spacial score (nSPS) is 12.2. The van der Waals surface area contributed by atoms with Crippen LogP contribution in [0.4, 0.5) is 0 Å². The summed E-state index contributed by atoms with van der Waals surface area (Å²) in [4.78, 5) is 13.9. The summed E-state index contributed by atoms with van der Waals surface area (Å²) in [5.41, 5.74) is 1.72. The Morgan fingerprint density at radius 1 is 1.42 bits per heavy atom. The van der Waals surface area contributed by atoms with Gasteiger partial charge in [-0.25, -0.2) is 0 Å². The standard InChI is InChI=1S/C14H16BrN3O/c1-10(11-6-4-3-5-7-11)9-18(2)14(19)13-12(15)8-16-17-13/h3-8,10H,9H2,1-2H3,(H,16,17). The smallest absolute Gasteiger partial charge is 0.272 e. The molecule has 0 aliphatic rings. The van der Waals surface area contributed by atoms with Crippen LogP contribution in [0.5, 0.6) is 0 Å². The van der Waals surface area contributed by atoms with Crippen LogP contribution in [0.3, 0.4) is 0 Å². The lowest BCUT2D eigenvalue weighted by molar-refractivity contribution is 0.0781. The molecule has 4 nitrogen and oxygen atoms in total. The van der Waals surface area contributed by atoms with E-state index in [0.29, 0.717) is 16.7 Å². The van der Waals surface area contributed by atoms with Gasteiger partial charge in [0.2, 0.25) is 0 Å². The summed E-state index contributed by atoms with van der Waals surface area (Å²) in [6.45, 7) is 2.77. The Labute approximate surface area is 120 Å². The number of H-pyrrole nitrogens is 1. The molecule has 2 rings (SSSR count). The van der Waals surface area contributed by atoms with Gasteiger partial charge in [-0.05, 0) is 27.4 Å². The zero-order valence-corrected chi connectivity index (χ0v) is 12.5. The number of halogens is 1. The Morgan fingerprint density at radius 2 is 2.11 bits per heavy atom. The van der Waals surface area contributed by atoms with Gasteiger partial charge in [0.1, 0.15) is 5.69 Å². The predicted octanol–water partition coefficient (Wildman–Crippen LogP) is 3.05. The molecule has 1 N–H and O–H groups in total. The molecule has 0 spiro atoms. The fraction of sp³-hybridized carbons (Fsp3) is 0.286. The number of benzene rings is 1. The Bertz CT molecular complexity index is 553. The van der Waals surface area contributed by atoms with Gasteiger partial charge >= 0.3 is 0 Å². The number of amides is 1. The fourth-order valence-corrected chi connectivity index (χ4v) is 2.35. The maximum Gasteiger partial charge on any atom is 0.272 e. The van der Waals surface area contributed by atoms with Gasteiger partial charge < -0.3 is 4.90 Å². The number of hydrogen-bond donors (Lipinski definition) is 1. The number of aromatic nitrogens is 2. The topological polar surface area (TPSA) is 49.0 Å². The molecule has 0 saturated carbocycles. The summed E-state index contributed by atoms with van der Waals surface area (Å²) in [6.07, 6.45) is 1.59. The number of likely N-dealkylation sites (N-methyl/N-ethyl adjacent to an activating group) is 1. The SMILES string of the molecule is CC(CN(C)C(=O)c1[nH]ncc1Br)c1ccccc1. The Morgan fingerprint density at radius 3 is 2.68 bits per heavy atom. The van der Waals surface area contributed by atoms with Crippen molar-refractivity contribution in [2.75, 3.05) is 13.6 Å². The molecule has 0 saturated heterocycles. The van der Waals surface area contributed by atoms with Gasteiger partial charge in [-0.1, -0.05) is 37.3 Å². The first-order valence-corrected chi connectivity index (χ1v) is 6.88. The summed E-state index contributed by atoms with van der Waals surface area (Å²) >= 11 is 3.31. The molecule has 1 heterocycles. The molecule has 1 amide bonds. The zero-order valence-electron chi connectivity index (χ0n) is 10.9. The average Bonchev–Trinajstić information content (AvgIpc) is 2.85. The van der Waals surface area contributed by atoms with Crippen molar-refractivity contribution in [3.05, 3.63) is 52.3 Å². The maximum absolute atomic E-state index is 12.2. The van der Waals surface area contributed by atoms with Crippen molar-refractivity contribution < 1.29 is 4.79 Å². The zero-order chi connectivity index (χ0) is 13.8. The molecule has 1 atom stereocenters. The van der Waals surface area contributed by atoms with Gasteiger partial charge in [0.25, 0.3) is 5.91 Å². The first-order chi connectivity index (χ1) is 9.09. The third-order valence-corrected chi connectivity index (χ3v) is 3.67. The average molecular weight is 322 g/mol. The van der Waals surface area contributed by atoms with E-state index in [0.717, 1.165) is 0 Å². The van der Waals surface area contributed by atoms with E-state index in [-0.39, 0.29) is 11.8 Å². The molecular weight excluding hydrogens is 306 g/mol. The Kier molecular flexibility index (Phi) is 4.37. The van der Waals surface area contributed by atoms with Crippen molar-refractivity contribution in [3.63, 3.8) is 0 Å². The van der Waals surface area contributed by atoms with Crippen LogP contribution in [0.2, 0.25) is 0 Å². The highest BCUT2D eigenvalue weighted by Crippen LogP contribution is 2.18. The first-order valence-electron chi connectivity index (χ1n) is 6.09. The van der Waals surface area contributed by atoms with E-state index in [1.807, 2.05) is 18.2 Å². The molecule has 19 heavy (non-hydrogen) atoms. The number of rotatable bonds is 4. The van der Waals surface area contributed by atoms with Crippen LogP contribution < -0.4 is 0 Å². The van der Waals surface area contributed by atoms with Crippen molar-refractivity contribution in [2.45, 2.75) is 12.8 Å². The molecule has 0 aliphatic carbocycles. The summed E-state index contributed by atoms with van der Waals surface area (Å²) in [6, 6.07) is 10.2. The Hall–Kier alpha value is -1.62. The first kappa shape index (κ1) is 13.8. The molecular formula is C14H16BrN3O. The lowest BCUT2D eigenvalue weighted by atomic mass is 10.0. The van der Waals surface area contributed by atoms with Crippen LogP contribution in [0, 0.1) is 0 Å². The second-order valence-electron chi connectivity index (χ2n) is 4.59. The molecule has 0 fully saturated rings. The summed E-state index contributed by atoms with van der Waals surface area (Å²) in [5.74, 6) is 0.226. The van der Waals surface area contributed by atoms with Crippen LogP contribution in [0.15, 0.2) is 41.0 Å². The van der Waals surface area contributed by atoms with Crippen LogP contribution >= 0.6 is 15.9 Å². The van der Waals surface area contributed by atoms with Crippen molar-refractivity contribution in [1.82, 2.24) is 15.1 Å². The molecule has 1 aromatic carbocycles. The van der Waals surface area contributed by atoms with Gasteiger partial charge in [-0.2, -0.15) is 5.10 Å². The van der Waals surface area contributed by atoms with Crippen LogP contribution in [0.1, 0.15) is 28.9 Å². The van der Waals surface area contributed by atoms with Crippen LogP contribution in [-0.4, -0.2) is 34.6 Å². The largest absolute Gasteiger partial charge is 0.340 e.